The largest absolute Gasteiger partial charge is 0.370 e. The third-order valence-electron chi connectivity index (χ3n) is 5.07. The topological polar surface area (TPSA) is 54.9 Å². The van der Waals surface area contributed by atoms with E-state index in [-0.39, 0.29) is 11.7 Å². The van der Waals surface area contributed by atoms with Crippen LogP contribution < -0.4 is 4.90 Å². The minimum Gasteiger partial charge on any atom is -0.370 e. The molecule has 124 valence electrons. The van der Waals surface area contributed by atoms with Crippen LogP contribution in [0.15, 0.2) is 18.5 Å². The number of carbonyl (C=O) groups is 1. The van der Waals surface area contributed by atoms with E-state index in [9.17, 15) is 4.79 Å². The Morgan fingerprint density at radius 2 is 1.74 bits per heavy atom. The van der Waals surface area contributed by atoms with Gasteiger partial charge in [0, 0.05) is 45.2 Å². The molecule has 0 unspecified atom stereocenters. The van der Waals surface area contributed by atoms with Crippen LogP contribution in [-0.4, -0.2) is 61.0 Å². The fourth-order valence-electron chi connectivity index (χ4n) is 3.71. The van der Waals surface area contributed by atoms with Crippen LogP contribution in [0.5, 0.6) is 0 Å². The van der Waals surface area contributed by atoms with Gasteiger partial charge in [-0.15, -0.1) is 0 Å². The molecule has 6 heteroatoms. The average molecular weight is 317 g/mol. The van der Waals surface area contributed by atoms with E-state index in [1.54, 1.807) is 6.20 Å². The molecule has 0 atom stereocenters. The lowest BCUT2D eigenvalue weighted by Gasteiger charge is -2.38. The van der Waals surface area contributed by atoms with Crippen molar-refractivity contribution in [3.63, 3.8) is 0 Å². The van der Waals surface area contributed by atoms with Crippen molar-refractivity contribution in [2.45, 2.75) is 31.5 Å². The normalized spacial score (nSPS) is 23.7. The molecule has 0 bridgehead atoms. The second-order valence-electron chi connectivity index (χ2n) is 6.53. The highest BCUT2D eigenvalue weighted by Gasteiger charge is 2.39. The lowest BCUT2D eigenvalue weighted by atomic mass is 10.0. The first-order valence-corrected chi connectivity index (χ1v) is 8.53. The van der Waals surface area contributed by atoms with Crippen molar-refractivity contribution in [1.82, 2.24) is 9.88 Å². The third kappa shape index (κ3) is 2.93. The second-order valence-corrected chi connectivity index (χ2v) is 6.53. The summed E-state index contributed by atoms with van der Waals surface area (Å²) < 4.78 is 11.5. The summed E-state index contributed by atoms with van der Waals surface area (Å²) in [7, 11) is 0. The number of aromatic nitrogens is 1. The number of hydrogen-bond donors (Lipinski definition) is 0. The van der Waals surface area contributed by atoms with Gasteiger partial charge in [0.05, 0.1) is 30.7 Å². The van der Waals surface area contributed by atoms with Crippen molar-refractivity contribution in [3.8, 4) is 0 Å². The molecule has 4 rings (SSSR count). The Morgan fingerprint density at radius 3 is 2.43 bits per heavy atom. The van der Waals surface area contributed by atoms with Crippen molar-refractivity contribution >= 4 is 11.6 Å². The van der Waals surface area contributed by atoms with Gasteiger partial charge in [0.1, 0.15) is 0 Å². The summed E-state index contributed by atoms with van der Waals surface area (Å²) in [5.41, 5.74) is 1.71. The summed E-state index contributed by atoms with van der Waals surface area (Å²) >= 11 is 0. The number of rotatable bonds is 2. The first-order chi connectivity index (χ1) is 11.3. The number of nitrogens with zero attached hydrogens (tertiary/aromatic N) is 3. The number of anilines is 1. The molecule has 1 spiro atoms. The summed E-state index contributed by atoms with van der Waals surface area (Å²) in [6, 6.07) is 1.97. The van der Waals surface area contributed by atoms with E-state index >= 15 is 0 Å². The summed E-state index contributed by atoms with van der Waals surface area (Å²) in [4.78, 5) is 21.0. The van der Waals surface area contributed by atoms with Gasteiger partial charge in [0.15, 0.2) is 5.79 Å². The lowest BCUT2D eigenvalue weighted by Crippen LogP contribution is -2.45. The lowest BCUT2D eigenvalue weighted by molar-refractivity contribution is -0.169. The van der Waals surface area contributed by atoms with E-state index < -0.39 is 0 Å². The minimum atomic E-state index is -0.368. The van der Waals surface area contributed by atoms with Crippen LogP contribution in [0, 0.1) is 0 Å². The van der Waals surface area contributed by atoms with Gasteiger partial charge in [-0.3, -0.25) is 9.78 Å². The van der Waals surface area contributed by atoms with E-state index in [0.29, 0.717) is 18.8 Å². The Kier molecular flexibility index (Phi) is 3.95. The molecule has 0 aliphatic carbocycles. The number of piperidine rings is 1. The minimum absolute atomic E-state index is 0.104. The molecule has 23 heavy (non-hydrogen) atoms. The zero-order valence-corrected chi connectivity index (χ0v) is 13.4. The first-order valence-electron chi connectivity index (χ1n) is 8.53. The van der Waals surface area contributed by atoms with E-state index in [2.05, 4.69) is 9.88 Å². The highest BCUT2D eigenvalue weighted by molar-refractivity contribution is 5.94. The molecule has 1 aromatic rings. The number of ether oxygens (including phenoxy) is 2. The Morgan fingerprint density at radius 1 is 1.04 bits per heavy atom. The van der Waals surface area contributed by atoms with Crippen LogP contribution in [0.1, 0.15) is 36.0 Å². The molecule has 0 aromatic carbocycles. The molecule has 3 fully saturated rings. The van der Waals surface area contributed by atoms with Gasteiger partial charge in [0.25, 0.3) is 5.91 Å². The van der Waals surface area contributed by atoms with E-state index in [0.717, 1.165) is 57.5 Å². The Balaban J connectivity index is 1.45. The second kappa shape index (κ2) is 6.09. The summed E-state index contributed by atoms with van der Waals surface area (Å²) in [6.07, 6.45) is 7.45. The fraction of sp³-hybridized carbons (Fsp3) is 0.647. The van der Waals surface area contributed by atoms with Crippen molar-refractivity contribution < 1.29 is 14.3 Å². The van der Waals surface area contributed by atoms with Crippen LogP contribution in [-0.2, 0) is 9.47 Å². The average Bonchev–Trinajstić information content (AvgIpc) is 3.27. The van der Waals surface area contributed by atoms with Crippen molar-refractivity contribution in [2.75, 3.05) is 44.3 Å². The van der Waals surface area contributed by atoms with Crippen LogP contribution >= 0.6 is 0 Å². The number of pyridine rings is 1. The highest BCUT2D eigenvalue weighted by atomic mass is 16.7. The molecule has 3 aliphatic heterocycles. The zero-order chi connectivity index (χ0) is 15.7. The van der Waals surface area contributed by atoms with Crippen molar-refractivity contribution in [3.05, 3.63) is 24.0 Å². The van der Waals surface area contributed by atoms with Crippen LogP contribution in [0.25, 0.3) is 0 Å². The molecule has 0 saturated carbocycles. The number of hydrogen-bond acceptors (Lipinski definition) is 5. The first kappa shape index (κ1) is 14.9. The summed E-state index contributed by atoms with van der Waals surface area (Å²) in [5.74, 6) is -0.264. The molecule has 1 aromatic heterocycles. The predicted octanol–water partition coefficient (Wildman–Crippen LogP) is 1.66. The summed E-state index contributed by atoms with van der Waals surface area (Å²) in [6.45, 7) is 4.85. The van der Waals surface area contributed by atoms with Crippen LogP contribution in [0.2, 0.25) is 0 Å². The maximum absolute atomic E-state index is 12.5. The van der Waals surface area contributed by atoms with Crippen molar-refractivity contribution in [1.29, 1.82) is 0 Å². The molecular formula is C17H23N3O3. The van der Waals surface area contributed by atoms with E-state index in [1.807, 2.05) is 17.2 Å². The number of amides is 1. The van der Waals surface area contributed by atoms with Gasteiger partial charge < -0.3 is 19.3 Å². The molecule has 1 amide bonds. The van der Waals surface area contributed by atoms with Gasteiger partial charge in [-0.2, -0.15) is 0 Å². The smallest absolute Gasteiger partial charge is 0.255 e. The van der Waals surface area contributed by atoms with Gasteiger partial charge in [-0.25, -0.2) is 0 Å². The number of carbonyl (C=O) groups excluding carboxylic acids is 1. The van der Waals surface area contributed by atoms with Gasteiger partial charge in [-0.1, -0.05) is 0 Å². The molecule has 0 N–H and O–H groups in total. The molecule has 4 heterocycles. The standard InChI is InChI=1S/C17H23N3O3/c21-16(20-5-1-2-6-20)14-11-15(13-18-12-14)19-7-3-17(4-8-19)22-9-10-23-17/h11-13H,1-10H2. The molecule has 6 nitrogen and oxygen atoms in total. The molecule has 0 radical (unpaired) electrons. The maximum atomic E-state index is 12.5. The SMILES string of the molecule is O=C(c1cncc(N2CCC3(CC2)OCCO3)c1)N1CCCC1. The fourth-order valence-corrected chi connectivity index (χ4v) is 3.71. The number of likely N-dealkylation sites (tertiary alicyclic amines) is 1. The van der Waals surface area contributed by atoms with Crippen LogP contribution in [0.3, 0.4) is 0 Å². The van der Waals surface area contributed by atoms with Gasteiger partial charge in [-0.05, 0) is 18.9 Å². The van der Waals surface area contributed by atoms with Crippen molar-refractivity contribution in [2.24, 2.45) is 0 Å². The Hall–Kier alpha value is -1.66. The molecule has 3 aliphatic rings. The quantitative estimate of drug-likeness (QED) is 0.830. The van der Waals surface area contributed by atoms with Crippen LogP contribution in [0.4, 0.5) is 5.69 Å². The van der Waals surface area contributed by atoms with Gasteiger partial charge >= 0.3 is 0 Å². The highest BCUT2D eigenvalue weighted by Crippen LogP contribution is 2.33. The molecule has 3 saturated heterocycles. The molecular weight excluding hydrogens is 294 g/mol. The predicted molar refractivity (Wildman–Crippen MR) is 85.5 cm³/mol. The van der Waals surface area contributed by atoms with E-state index in [1.165, 1.54) is 0 Å². The zero-order valence-electron chi connectivity index (χ0n) is 13.4. The monoisotopic (exact) mass is 317 g/mol. The summed E-state index contributed by atoms with van der Waals surface area (Å²) in [5, 5.41) is 0. The third-order valence-corrected chi connectivity index (χ3v) is 5.07. The van der Waals surface area contributed by atoms with Gasteiger partial charge in [0.2, 0.25) is 0 Å². The van der Waals surface area contributed by atoms with E-state index in [4.69, 9.17) is 9.47 Å². The Bertz CT molecular complexity index is 570. The maximum Gasteiger partial charge on any atom is 0.255 e. The Labute approximate surface area is 136 Å².